The molecule has 0 N–H and O–H groups in total. The van der Waals surface area contributed by atoms with E-state index in [9.17, 15) is 9.59 Å². The van der Waals surface area contributed by atoms with E-state index in [0.29, 0.717) is 12.3 Å². The minimum absolute atomic E-state index is 0.114. The summed E-state index contributed by atoms with van der Waals surface area (Å²) in [5.74, 6) is -0.576. The van der Waals surface area contributed by atoms with Crippen LogP contribution < -0.4 is 0 Å². The predicted molar refractivity (Wildman–Crippen MR) is 105 cm³/mol. The molecule has 0 bridgehead atoms. The second-order valence-corrected chi connectivity index (χ2v) is 11.0. The van der Waals surface area contributed by atoms with Gasteiger partial charge in [0.1, 0.15) is 20.9 Å². The fourth-order valence-corrected chi connectivity index (χ4v) is 2.12. The highest BCUT2D eigenvalue weighted by Gasteiger charge is 2.26. The largest absolute Gasteiger partial charge is 0.465 e. The smallest absolute Gasteiger partial charge is 0.322 e. The first-order chi connectivity index (χ1) is 12.0. The summed E-state index contributed by atoms with van der Waals surface area (Å²) in [4.78, 5) is 23.3. The van der Waals surface area contributed by atoms with Crippen molar-refractivity contribution in [1.29, 1.82) is 0 Å². The Morgan fingerprint density at radius 2 is 1.58 bits per heavy atom. The molecule has 0 aliphatic heterocycles. The number of carbonyl (C=O) groups excluding carboxylic acids is 2. The van der Waals surface area contributed by atoms with Crippen molar-refractivity contribution >= 4 is 43.8 Å². The number of unbranched alkanes of at least 4 members (excludes halogenated alkanes) is 3. The van der Waals surface area contributed by atoms with Crippen molar-refractivity contribution < 1.29 is 19.1 Å². The lowest BCUT2D eigenvalue weighted by atomic mass is 10.2. The molecule has 9 heteroatoms. The van der Waals surface area contributed by atoms with Crippen molar-refractivity contribution in [3.63, 3.8) is 0 Å². The highest BCUT2D eigenvalue weighted by molar-refractivity contribution is 9.10. The van der Waals surface area contributed by atoms with Gasteiger partial charge in [-0.1, -0.05) is 43.5 Å². The van der Waals surface area contributed by atoms with Gasteiger partial charge in [0.05, 0.1) is 12.8 Å². The van der Waals surface area contributed by atoms with E-state index in [1.165, 1.54) is 0 Å². The highest BCUT2D eigenvalue weighted by Crippen LogP contribution is 2.18. The van der Waals surface area contributed by atoms with E-state index in [1.807, 2.05) is 0 Å². The van der Waals surface area contributed by atoms with Crippen LogP contribution in [-0.4, -0.2) is 42.2 Å². The van der Waals surface area contributed by atoms with E-state index >= 15 is 0 Å². The van der Waals surface area contributed by atoms with Crippen LogP contribution in [0.1, 0.15) is 59.1 Å². The average Bonchev–Trinajstić information content (AvgIpc) is 2.97. The molecule has 0 atom stereocenters. The Morgan fingerprint density at radius 1 is 1.00 bits per heavy atom. The van der Waals surface area contributed by atoms with E-state index < -0.39 is 8.65 Å². The summed E-state index contributed by atoms with van der Waals surface area (Å²) in [6.07, 6.45) is 5.58. The number of alkyl halides is 2. The molecule has 0 saturated heterocycles. The van der Waals surface area contributed by atoms with Crippen molar-refractivity contribution in [3.8, 4) is 0 Å². The minimum Gasteiger partial charge on any atom is -0.465 e. The first-order valence-electron chi connectivity index (χ1n) is 8.61. The van der Waals surface area contributed by atoms with Gasteiger partial charge in [0, 0.05) is 6.54 Å². The van der Waals surface area contributed by atoms with Gasteiger partial charge in [-0.3, -0.25) is 14.3 Å². The van der Waals surface area contributed by atoms with Crippen molar-refractivity contribution in [2.24, 2.45) is 0 Å². The molecule has 0 spiro atoms. The molecule has 1 rings (SSSR count). The van der Waals surface area contributed by atoms with Gasteiger partial charge in [-0.25, -0.2) is 0 Å². The number of aromatic nitrogens is 3. The fraction of sp³-hybridized carbons (Fsp3) is 0.765. The maximum atomic E-state index is 11.7. The van der Waals surface area contributed by atoms with Crippen LogP contribution in [-0.2, 0) is 32.2 Å². The molecule has 0 unspecified atom stereocenters. The van der Waals surface area contributed by atoms with Crippen LogP contribution in [0.5, 0.6) is 0 Å². The molecular formula is C17H27Br2N3O4. The van der Waals surface area contributed by atoms with Gasteiger partial charge in [-0.2, -0.15) is 0 Å². The van der Waals surface area contributed by atoms with Crippen LogP contribution in [0.15, 0.2) is 6.20 Å². The van der Waals surface area contributed by atoms with Crippen LogP contribution in [0.4, 0.5) is 0 Å². The molecule has 26 heavy (non-hydrogen) atoms. The summed E-state index contributed by atoms with van der Waals surface area (Å²) in [5, 5.41) is 8.03. The summed E-state index contributed by atoms with van der Waals surface area (Å²) in [6.45, 7) is 8.30. The van der Waals surface area contributed by atoms with E-state index in [-0.39, 0.29) is 18.5 Å². The van der Waals surface area contributed by atoms with Crippen molar-refractivity contribution in [2.45, 2.75) is 75.2 Å². The van der Waals surface area contributed by atoms with Crippen molar-refractivity contribution in [2.75, 3.05) is 6.61 Å². The van der Waals surface area contributed by atoms with E-state index in [2.05, 4.69) is 42.2 Å². The number of nitrogens with zero attached hydrogens (tertiary/aromatic N) is 3. The number of ether oxygens (including phenoxy) is 2. The second kappa shape index (κ2) is 10.4. The Balaban J connectivity index is 2.15. The van der Waals surface area contributed by atoms with E-state index in [4.69, 9.17) is 9.47 Å². The zero-order valence-electron chi connectivity index (χ0n) is 15.8. The normalized spacial score (nSPS) is 12.1. The first kappa shape index (κ1) is 23.1. The summed E-state index contributed by atoms with van der Waals surface area (Å²) >= 11 is 6.53. The molecule has 1 aromatic heterocycles. The standard InChI is InChI=1S/C17H27Br2N3O4/c1-16(2,18)14(23)25-10-8-6-5-7-9-22-11-13(20-21-22)12-26-15(24)17(3,4)19/h11H,5-10,12H2,1-4H3. The third-order valence-electron chi connectivity index (χ3n) is 3.42. The van der Waals surface area contributed by atoms with Gasteiger partial charge < -0.3 is 9.47 Å². The van der Waals surface area contributed by atoms with Gasteiger partial charge in [-0.15, -0.1) is 5.10 Å². The lowest BCUT2D eigenvalue weighted by molar-refractivity contribution is -0.147. The quantitative estimate of drug-likeness (QED) is 0.263. The number of hydrogen-bond donors (Lipinski definition) is 0. The topological polar surface area (TPSA) is 83.3 Å². The zero-order chi connectivity index (χ0) is 19.8. The molecule has 148 valence electrons. The Bertz CT molecular complexity index is 592. The van der Waals surface area contributed by atoms with Gasteiger partial charge in [0.25, 0.3) is 0 Å². The Labute approximate surface area is 171 Å². The fourth-order valence-electron chi connectivity index (χ4n) is 1.89. The molecule has 0 fully saturated rings. The molecule has 0 saturated carbocycles. The van der Waals surface area contributed by atoms with Crippen LogP contribution in [0, 0.1) is 0 Å². The van der Waals surface area contributed by atoms with Crippen molar-refractivity contribution in [1.82, 2.24) is 15.0 Å². The van der Waals surface area contributed by atoms with E-state index in [0.717, 1.165) is 32.2 Å². The van der Waals surface area contributed by atoms with Gasteiger partial charge in [0.2, 0.25) is 0 Å². The molecule has 0 amide bonds. The van der Waals surface area contributed by atoms with Gasteiger partial charge in [0.15, 0.2) is 0 Å². The Hall–Kier alpha value is -0.960. The molecular weight excluding hydrogens is 470 g/mol. The zero-order valence-corrected chi connectivity index (χ0v) is 18.9. The lowest BCUT2D eigenvalue weighted by Crippen LogP contribution is -2.26. The molecule has 7 nitrogen and oxygen atoms in total. The monoisotopic (exact) mass is 495 g/mol. The molecule has 0 aliphatic rings. The lowest BCUT2D eigenvalue weighted by Gasteiger charge is -2.14. The SMILES string of the molecule is CC(C)(Br)C(=O)OCCCCCCn1cc(COC(=O)C(C)(C)Br)nn1. The average molecular weight is 497 g/mol. The predicted octanol–water partition coefficient (Wildman–Crippen LogP) is 3.77. The Kier molecular flexibility index (Phi) is 9.23. The number of halogens is 2. The summed E-state index contributed by atoms with van der Waals surface area (Å²) < 4.78 is 10.8. The number of aryl methyl sites for hydroxylation is 1. The van der Waals surface area contributed by atoms with Gasteiger partial charge >= 0.3 is 11.9 Å². The Morgan fingerprint density at radius 3 is 2.19 bits per heavy atom. The van der Waals surface area contributed by atoms with Crippen LogP contribution in [0.3, 0.4) is 0 Å². The summed E-state index contributed by atoms with van der Waals surface area (Å²) in [7, 11) is 0. The minimum atomic E-state index is -0.707. The number of hydrogen-bond acceptors (Lipinski definition) is 6. The number of esters is 2. The summed E-state index contributed by atoms with van der Waals surface area (Å²) in [6, 6.07) is 0. The molecule has 0 radical (unpaired) electrons. The van der Waals surface area contributed by atoms with E-state index in [1.54, 1.807) is 38.6 Å². The third-order valence-corrected chi connectivity index (χ3v) is 4.07. The molecule has 0 aromatic carbocycles. The highest BCUT2D eigenvalue weighted by atomic mass is 79.9. The molecule has 0 aliphatic carbocycles. The molecule has 1 heterocycles. The maximum Gasteiger partial charge on any atom is 0.322 e. The maximum absolute atomic E-state index is 11.7. The second-order valence-electron chi connectivity index (χ2n) is 7.04. The summed E-state index contributed by atoms with van der Waals surface area (Å²) in [5.41, 5.74) is 0.624. The van der Waals surface area contributed by atoms with Gasteiger partial charge in [-0.05, 0) is 47.0 Å². The molecule has 1 aromatic rings. The third kappa shape index (κ3) is 9.12. The number of carbonyl (C=O) groups is 2. The van der Waals surface area contributed by atoms with Crippen LogP contribution in [0.25, 0.3) is 0 Å². The number of rotatable bonds is 11. The van der Waals surface area contributed by atoms with Crippen molar-refractivity contribution in [3.05, 3.63) is 11.9 Å². The van der Waals surface area contributed by atoms with Crippen LogP contribution in [0.2, 0.25) is 0 Å². The van der Waals surface area contributed by atoms with Crippen LogP contribution >= 0.6 is 31.9 Å². The first-order valence-corrected chi connectivity index (χ1v) is 10.2.